The van der Waals surface area contributed by atoms with Crippen LogP contribution in [0, 0.1) is 29.1 Å². The number of hydrogen-bond donors (Lipinski definition) is 0. The van der Waals surface area contributed by atoms with Crippen molar-refractivity contribution in [3.63, 3.8) is 0 Å². The van der Waals surface area contributed by atoms with Gasteiger partial charge in [-0.2, -0.15) is 0 Å². The molecule has 0 fully saturated rings. The first-order valence-electron chi connectivity index (χ1n) is 11.2. The normalized spacial score (nSPS) is 11.3. The molecule has 192 valence electrons. The van der Waals surface area contributed by atoms with Gasteiger partial charge in [0.05, 0.1) is 6.04 Å². The maximum Gasteiger partial charge on any atom is 0.705 e. The maximum atomic E-state index is 13.7. The molecule has 0 aliphatic heterocycles. The zero-order valence-electron chi connectivity index (χ0n) is 19.4. The first-order chi connectivity index (χ1) is 16.0. The molecule has 0 aliphatic rings. The van der Waals surface area contributed by atoms with Crippen LogP contribution in [-0.2, 0) is 34.1 Å². The zero-order valence-corrected chi connectivity index (χ0v) is 20.4. The van der Waals surface area contributed by atoms with Gasteiger partial charge in [-0.05, 0) is 19.3 Å². The van der Waals surface area contributed by atoms with Gasteiger partial charge >= 0.3 is 8.80 Å². The first kappa shape index (κ1) is 29.5. The van der Waals surface area contributed by atoms with Gasteiger partial charge in [-0.25, -0.2) is 22.0 Å². The molecule has 6 nitrogen and oxygen atoms in total. The Bertz CT molecular complexity index is 805. The van der Waals surface area contributed by atoms with Gasteiger partial charge in [0, 0.05) is 24.8 Å². The lowest BCUT2D eigenvalue weighted by molar-refractivity contribution is -0.150. The van der Waals surface area contributed by atoms with Crippen molar-refractivity contribution >= 4 is 26.7 Å². The minimum atomic E-state index is -3.97. The molecule has 0 radical (unpaired) electrons. The second-order valence-electron chi connectivity index (χ2n) is 7.48. The van der Waals surface area contributed by atoms with Crippen molar-refractivity contribution in [2.24, 2.45) is 0 Å². The smallest absolute Gasteiger partial charge is 0.455 e. The molecule has 0 bridgehead atoms. The molecule has 1 aromatic rings. The van der Waals surface area contributed by atoms with E-state index in [9.17, 15) is 36.3 Å². The summed E-state index contributed by atoms with van der Waals surface area (Å²) in [5.41, 5.74) is -0.854. The summed E-state index contributed by atoms with van der Waals surface area (Å²) in [6.07, 6.45) is 1.54. The van der Waals surface area contributed by atoms with E-state index in [1.54, 1.807) is 0 Å². The van der Waals surface area contributed by atoms with E-state index in [0.29, 0.717) is 25.7 Å². The summed E-state index contributed by atoms with van der Waals surface area (Å²) < 4.78 is 83.0. The van der Waals surface area contributed by atoms with Crippen molar-refractivity contribution < 1.29 is 49.6 Å². The van der Waals surface area contributed by atoms with Gasteiger partial charge in [0.15, 0.2) is 23.3 Å². The van der Waals surface area contributed by atoms with Gasteiger partial charge in [0.25, 0.3) is 17.9 Å². The third kappa shape index (κ3) is 8.37. The van der Waals surface area contributed by atoms with Gasteiger partial charge < -0.3 is 13.3 Å². The Labute approximate surface area is 196 Å². The summed E-state index contributed by atoms with van der Waals surface area (Å²) in [6, 6.07) is 0.00780. The average molecular weight is 513 g/mol. The fourth-order valence-corrected chi connectivity index (χ4v) is 5.58. The maximum absolute atomic E-state index is 13.7. The fourth-order valence-electron chi connectivity index (χ4n) is 3.00. The van der Waals surface area contributed by atoms with Crippen LogP contribution in [0.4, 0.5) is 22.0 Å². The van der Waals surface area contributed by atoms with Gasteiger partial charge in [0.1, 0.15) is 0 Å². The van der Waals surface area contributed by atoms with Crippen molar-refractivity contribution in [1.82, 2.24) is 0 Å². The van der Waals surface area contributed by atoms with Crippen LogP contribution in [0.25, 0.3) is 0 Å². The Morgan fingerprint density at radius 1 is 0.588 bits per heavy atom. The van der Waals surface area contributed by atoms with Crippen molar-refractivity contribution in [1.29, 1.82) is 0 Å². The van der Waals surface area contributed by atoms with Crippen LogP contribution >= 0.6 is 0 Å². The second kappa shape index (κ2) is 14.0. The largest absolute Gasteiger partial charge is 0.705 e. The molecule has 0 unspecified atom stereocenters. The van der Waals surface area contributed by atoms with Crippen LogP contribution in [0.2, 0.25) is 6.04 Å². The number of carbonyl (C=O) groups excluding carboxylic acids is 3. The van der Waals surface area contributed by atoms with E-state index in [4.69, 9.17) is 13.3 Å². The summed E-state index contributed by atoms with van der Waals surface area (Å²) in [6.45, 7) is 4.61. The van der Waals surface area contributed by atoms with Crippen molar-refractivity contribution in [2.75, 3.05) is 0 Å². The Balaban J connectivity index is 2.69. The molecule has 0 saturated carbocycles. The van der Waals surface area contributed by atoms with Crippen LogP contribution in [0.5, 0.6) is 0 Å². The minimum absolute atomic E-state index is 0.00780. The van der Waals surface area contributed by atoms with Crippen LogP contribution in [0.15, 0.2) is 0 Å². The summed E-state index contributed by atoms with van der Waals surface area (Å²) in [5, 5.41) is 0. The monoisotopic (exact) mass is 512 g/mol. The molecule has 0 aliphatic carbocycles. The number of halogens is 5. The van der Waals surface area contributed by atoms with Crippen LogP contribution in [-0.4, -0.2) is 26.7 Å². The standard InChI is InChI=1S/C22H29F5O6Si/c1-4-15(28)31-34(32-16(29)5-2,33-17(30)6-3)13-11-9-7-8-10-12-14-18(23)20(25)22(27)21(26)19(14)24/h4-13H2,1-3H3. The molecule has 12 heteroatoms. The van der Waals surface area contributed by atoms with Crippen molar-refractivity contribution in [2.45, 2.75) is 84.6 Å². The highest BCUT2D eigenvalue weighted by atomic mass is 28.4. The van der Waals surface area contributed by atoms with E-state index in [1.807, 2.05) is 0 Å². The van der Waals surface area contributed by atoms with Crippen LogP contribution in [0.1, 0.15) is 77.7 Å². The summed E-state index contributed by atoms with van der Waals surface area (Å²) in [5.74, 6) is -11.8. The number of rotatable bonds is 14. The third-order valence-electron chi connectivity index (χ3n) is 4.88. The minimum Gasteiger partial charge on any atom is -0.455 e. The third-order valence-corrected chi connectivity index (χ3v) is 7.47. The summed E-state index contributed by atoms with van der Waals surface area (Å²) in [4.78, 5) is 35.7. The van der Waals surface area contributed by atoms with E-state index in [-0.39, 0.29) is 38.1 Å². The number of unbranched alkanes of at least 4 members (excludes halogenated alkanes) is 4. The Kier molecular flexibility index (Phi) is 12.2. The summed E-state index contributed by atoms with van der Waals surface area (Å²) in [7, 11) is -3.97. The van der Waals surface area contributed by atoms with E-state index in [1.165, 1.54) is 20.8 Å². The molecule has 34 heavy (non-hydrogen) atoms. The molecule has 1 aromatic carbocycles. The Morgan fingerprint density at radius 3 is 1.35 bits per heavy atom. The molecule has 0 N–H and O–H groups in total. The second-order valence-corrected chi connectivity index (χ2v) is 9.96. The lowest BCUT2D eigenvalue weighted by Crippen LogP contribution is -2.50. The number of hydrogen-bond acceptors (Lipinski definition) is 6. The summed E-state index contributed by atoms with van der Waals surface area (Å²) >= 11 is 0. The van der Waals surface area contributed by atoms with E-state index < -0.39 is 61.4 Å². The molecule has 0 heterocycles. The molecule has 0 atom stereocenters. The Hall–Kier alpha value is -2.50. The van der Waals surface area contributed by atoms with E-state index in [0.717, 1.165) is 0 Å². The lowest BCUT2D eigenvalue weighted by atomic mass is 10.0. The molecule has 0 spiro atoms. The molecular weight excluding hydrogens is 483 g/mol. The highest BCUT2D eigenvalue weighted by molar-refractivity contribution is 6.65. The molecule has 1 rings (SSSR count). The Morgan fingerprint density at radius 2 is 0.941 bits per heavy atom. The lowest BCUT2D eigenvalue weighted by Gasteiger charge is -2.27. The molecular formula is C22H29F5O6Si. The van der Waals surface area contributed by atoms with Crippen LogP contribution in [0.3, 0.4) is 0 Å². The SMILES string of the molecule is CCC(=O)O[Si](CCCCCCCc1c(F)c(F)c(F)c(F)c1F)(OC(=O)CC)OC(=O)CC. The van der Waals surface area contributed by atoms with E-state index in [2.05, 4.69) is 0 Å². The highest BCUT2D eigenvalue weighted by Crippen LogP contribution is 2.26. The number of carbonyl (C=O) groups is 3. The highest BCUT2D eigenvalue weighted by Gasteiger charge is 2.52. The zero-order chi connectivity index (χ0) is 25.9. The van der Waals surface area contributed by atoms with Crippen LogP contribution < -0.4 is 0 Å². The van der Waals surface area contributed by atoms with Gasteiger partial charge in [-0.15, -0.1) is 0 Å². The fraction of sp³-hybridized carbons (Fsp3) is 0.591. The number of benzene rings is 1. The van der Waals surface area contributed by atoms with Gasteiger partial charge in [-0.3, -0.25) is 14.4 Å². The predicted molar refractivity (Wildman–Crippen MR) is 113 cm³/mol. The average Bonchev–Trinajstić information content (AvgIpc) is 2.82. The van der Waals surface area contributed by atoms with Crippen molar-refractivity contribution in [3.05, 3.63) is 34.6 Å². The quantitative estimate of drug-likeness (QED) is 0.105. The topological polar surface area (TPSA) is 78.9 Å². The molecule has 0 saturated heterocycles. The van der Waals surface area contributed by atoms with Gasteiger partial charge in [0.2, 0.25) is 5.82 Å². The predicted octanol–water partition coefficient (Wildman–Crippen LogP) is 5.67. The molecule has 0 aromatic heterocycles. The van der Waals surface area contributed by atoms with Crippen molar-refractivity contribution in [3.8, 4) is 0 Å². The van der Waals surface area contributed by atoms with E-state index >= 15 is 0 Å². The first-order valence-corrected chi connectivity index (χ1v) is 13.1. The molecule has 0 amide bonds. The van der Waals surface area contributed by atoms with Gasteiger partial charge in [-0.1, -0.05) is 40.0 Å².